The van der Waals surface area contributed by atoms with E-state index in [1.807, 2.05) is 6.07 Å². The van der Waals surface area contributed by atoms with Crippen molar-refractivity contribution in [1.29, 1.82) is 0 Å². The summed E-state index contributed by atoms with van der Waals surface area (Å²) in [6.07, 6.45) is 1.69. The average Bonchev–Trinajstić information content (AvgIpc) is 3.02. The van der Waals surface area contributed by atoms with E-state index in [4.69, 9.17) is 56.5 Å². The molecule has 3 aromatic rings. The molecule has 10 heteroatoms. The van der Waals surface area contributed by atoms with Crippen molar-refractivity contribution in [2.75, 3.05) is 24.9 Å². The van der Waals surface area contributed by atoms with Gasteiger partial charge in [-0.15, -0.1) is 0 Å². The summed E-state index contributed by atoms with van der Waals surface area (Å²) in [6, 6.07) is 10.6. The minimum atomic E-state index is 0.317. The van der Waals surface area contributed by atoms with Crippen molar-refractivity contribution in [1.82, 2.24) is 9.78 Å². The van der Waals surface area contributed by atoms with Gasteiger partial charge in [0.15, 0.2) is 10.9 Å². The zero-order valence-corrected chi connectivity index (χ0v) is 18.6. The van der Waals surface area contributed by atoms with Gasteiger partial charge in [-0.3, -0.25) is 4.68 Å². The molecule has 1 aromatic heterocycles. The van der Waals surface area contributed by atoms with E-state index in [-0.39, 0.29) is 0 Å². The van der Waals surface area contributed by atoms with Crippen molar-refractivity contribution in [2.24, 2.45) is 0 Å². The van der Waals surface area contributed by atoms with Crippen LogP contribution in [0, 0.1) is 0 Å². The molecule has 152 valence electrons. The Hall–Kier alpha value is -2.19. The van der Waals surface area contributed by atoms with Crippen LogP contribution < -0.4 is 20.1 Å². The van der Waals surface area contributed by atoms with Crippen LogP contribution in [0.1, 0.15) is 5.56 Å². The van der Waals surface area contributed by atoms with Gasteiger partial charge < -0.3 is 20.1 Å². The molecule has 2 N–H and O–H groups in total. The van der Waals surface area contributed by atoms with Gasteiger partial charge in [-0.05, 0) is 29.9 Å². The Morgan fingerprint density at radius 1 is 1.00 bits per heavy atom. The molecule has 0 aliphatic carbocycles. The number of aromatic nitrogens is 2. The third kappa shape index (κ3) is 5.67. The maximum Gasteiger partial charge on any atom is 0.176 e. The number of hydrogen-bond acceptors (Lipinski definition) is 4. The molecule has 0 bridgehead atoms. The zero-order valence-electron chi connectivity index (χ0n) is 15.5. The lowest BCUT2D eigenvalue weighted by molar-refractivity contribution is 0.395. The predicted molar refractivity (Wildman–Crippen MR) is 122 cm³/mol. The highest BCUT2D eigenvalue weighted by Crippen LogP contribution is 2.27. The number of rotatable bonds is 6. The Morgan fingerprint density at radius 2 is 1.69 bits per heavy atom. The van der Waals surface area contributed by atoms with Crippen molar-refractivity contribution < 1.29 is 9.47 Å². The maximum absolute atomic E-state index is 6.29. The molecule has 0 spiro atoms. The Balaban J connectivity index is 1.70. The monoisotopic (exact) mass is 470 g/mol. The summed E-state index contributed by atoms with van der Waals surface area (Å²) in [5.74, 6) is 1.69. The second kappa shape index (κ2) is 9.54. The number of nitrogens with one attached hydrogen (secondary N) is 2. The van der Waals surface area contributed by atoms with E-state index in [1.165, 1.54) is 0 Å². The number of hydrogen-bond donors (Lipinski definition) is 2. The Bertz CT molecular complexity index is 1020. The van der Waals surface area contributed by atoms with Gasteiger partial charge in [0.1, 0.15) is 16.5 Å². The van der Waals surface area contributed by atoms with E-state index < -0.39 is 0 Å². The number of halogens is 3. The summed E-state index contributed by atoms with van der Waals surface area (Å²) in [7, 11) is 3.16. The zero-order chi connectivity index (χ0) is 21.0. The van der Waals surface area contributed by atoms with Crippen LogP contribution in [0.5, 0.6) is 11.5 Å². The Kier molecular flexibility index (Phi) is 7.08. The predicted octanol–water partition coefficient (Wildman–Crippen LogP) is 5.72. The standard InChI is InChI=1S/C19H17Cl3N4O2S/c1-27-14-6-13(7-15(8-14)28-2)23-19(29)24-18-17(22)10-26(25-18)9-11-3-4-12(20)5-16(11)21/h3-8,10H,9H2,1-2H3,(H2,23,24,25,29). The molecule has 1 heterocycles. The molecule has 0 aliphatic heterocycles. The van der Waals surface area contributed by atoms with Gasteiger partial charge >= 0.3 is 0 Å². The highest BCUT2D eigenvalue weighted by atomic mass is 35.5. The van der Waals surface area contributed by atoms with Gasteiger partial charge in [0.05, 0.1) is 20.8 Å². The van der Waals surface area contributed by atoms with Gasteiger partial charge in [-0.25, -0.2) is 0 Å². The molecule has 0 saturated carbocycles. The number of thiocarbonyl (C=S) groups is 1. The SMILES string of the molecule is COc1cc(NC(=S)Nc2nn(Cc3ccc(Cl)cc3Cl)cc2Cl)cc(OC)c1. The van der Waals surface area contributed by atoms with Gasteiger partial charge in [-0.1, -0.05) is 40.9 Å². The molecular weight excluding hydrogens is 455 g/mol. The number of ether oxygens (including phenoxy) is 2. The third-order valence-corrected chi connectivity index (χ3v) is 4.97. The van der Waals surface area contributed by atoms with Crippen LogP contribution in [-0.4, -0.2) is 29.1 Å². The molecule has 0 amide bonds. The minimum absolute atomic E-state index is 0.317. The smallest absolute Gasteiger partial charge is 0.176 e. The molecule has 0 unspecified atom stereocenters. The minimum Gasteiger partial charge on any atom is -0.497 e. The lowest BCUT2D eigenvalue weighted by Crippen LogP contribution is -2.20. The normalized spacial score (nSPS) is 10.5. The van der Waals surface area contributed by atoms with Crippen molar-refractivity contribution in [3.05, 3.63) is 63.2 Å². The molecule has 2 aromatic carbocycles. The molecular formula is C19H17Cl3N4O2S. The largest absolute Gasteiger partial charge is 0.497 e. The summed E-state index contributed by atoms with van der Waals surface area (Å²) in [5, 5.41) is 12.3. The lowest BCUT2D eigenvalue weighted by atomic mass is 10.2. The van der Waals surface area contributed by atoms with Crippen molar-refractivity contribution >= 4 is 63.6 Å². The van der Waals surface area contributed by atoms with Crippen LogP contribution in [0.15, 0.2) is 42.6 Å². The molecule has 0 fully saturated rings. The molecule has 0 atom stereocenters. The third-order valence-electron chi connectivity index (χ3n) is 3.91. The van der Waals surface area contributed by atoms with Crippen molar-refractivity contribution in [3.8, 4) is 11.5 Å². The molecule has 0 aliphatic rings. The highest BCUT2D eigenvalue weighted by Gasteiger charge is 2.11. The highest BCUT2D eigenvalue weighted by molar-refractivity contribution is 7.80. The van der Waals surface area contributed by atoms with Crippen LogP contribution in [0.3, 0.4) is 0 Å². The fourth-order valence-electron chi connectivity index (χ4n) is 2.54. The number of benzene rings is 2. The Morgan fingerprint density at radius 3 is 2.31 bits per heavy atom. The summed E-state index contributed by atoms with van der Waals surface area (Å²) >= 11 is 23.8. The number of anilines is 2. The van der Waals surface area contributed by atoms with E-state index in [1.54, 1.807) is 55.4 Å². The molecule has 6 nitrogen and oxygen atoms in total. The second-order valence-corrected chi connectivity index (χ2v) is 7.60. The Labute approximate surface area is 188 Å². The van der Waals surface area contributed by atoms with Gasteiger partial charge in [0, 0.05) is 40.1 Å². The fraction of sp³-hybridized carbons (Fsp3) is 0.158. The van der Waals surface area contributed by atoms with Crippen LogP contribution in [-0.2, 0) is 6.54 Å². The van der Waals surface area contributed by atoms with E-state index in [0.29, 0.717) is 49.7 Å². The van der Waals surface area contributed by atoms with Crippen LogP contribution in [0.2, 0.25) is 15.1 Å². The van der Waals surface area contributed by atoms with E-state index in [2.05, 4.69) is 15.7 Å². The van der Waals surface area contributed by atoms with Crippen molar-refractivity contribution in [3.63, 3.8) is 0 Å². The van der Waals surface area contributed by atoms with E-state index in [9.17, 15) is 0 Å². The first-order valence-corrected chi connectivity index (χ1v) is 9.90. The second-order valence-electron chi connectivity index (χ2n) is 5.94. The summed E-state index contributed by atoms with van der Waals surface area (Å²) in [5.41, 5.74) is 1.56. The summed E-state index contributed by atoms with van der Waals surface area (Å²) in [4.78, 5) is 0. The van der Waals surface area contributed by atoms with Gasteiger partial charge in [0.2, 0.25) is 0 Å². The first kappa shape index (κ1) is 21.5. The molecule has 0 radical (unpaired) electrons. The lowest BCUT2D eigenvalue weighted by Gasteiger charge is -2.12. The topological polar surface area (TPSA) is 60.3 Å². The summed E-state index contributed by atoms with van der Waals surface area (Å²) < 4.78 is 12.2. The van der Waals surface area contributed by atoms with Crippen LogP contribution in [0.25, 0.3) is 0 Å². The van der Waals surface area contributed by atoms with Gasteiger partial charge in [0.25, 0.3) is 0 Å². The number of methoxy groups -OCH3 is 2. The van der Waals surface area contributed by atoms with Crippen molar-refractivity contribution in [2.45, 2.75) is 6.54 Å². The first-order valence-electron chi connectivity index (χ1n) is 8.36. The molecule has 3 rings (SSSR count). The molecule has 0 saturated heterocycles. The fourth-order valence-corrected chi connectivity index (χ4v) is 3.42. The number of nitrogens with zero attached hydrogens (tertiary/aromatic N) is 2. The van der Waals surface area contributed by atoms with Gasteiger partial charge in [-0.2, -0.15) is 5.10 Å². The van der Waals surface area contributed by atoms with Crippen LogP contribution in [0.4, 0.5) is 11.5 Å². The quantitative estimate of drug-likeness (QED) is 0.449. The average molecular weight is 472 g/mol. The summed E-state index contributed by atoms with van der Waals surface area (Å²) in [6.45, 7) is 0.435. The van der Waals surface area contributed by atoms with E-state index in [0.717, 1.165) is 5.56 Å². The van der Waals surface area contributed by atoms with E-state index >= 15 is 0 Å². The first-order chi connectivity index (χ1) is 13.9. The van der Waals surface area contributed by atoms with Crippen LogP contribution >= 0.6 is 47.0 Å². The molecule has 29 heavy (non-hydrogen) atoms. The maximum atomic E-state index is 6.29.